The van der Waals surface area contributed by atoms with Crippen LogP contribution in [0.15, 0.2) is 201 Å². The molecule has 0 saturated heterocycles. The summed E-state index contributed by atoms with van der Waals surface area (Å²) in [4.78, 5) is 8.52. The van der Waals surface area contributed by atoms with Crippen LogP contribution >= 0.6 is 9.42 Å². The van der Waals surface area contributed by atoms with Gasteiger partial charge in [0, 0.05) is 70.7 Å². The number of fused-ring (bicyclic) bond motifs is 6. The summed E-state index contributed by atoms with van der Waals surface area (Å²) in [6.07, 6.45) is 26.1. The van der Waals surface area contributed by atoms with E-state index in [9.17, 15) is 0 Å². The topological polar surface area (TPSA) is 79.9 Å². The van der Waals surface area contributed by atoms with Crippen molar-refractivity contribution in [2.45, 2.75) is 116 Å². The molecule has 0 N–H and O–H groups in total. The van der Waals surface area contributed by atoms with Crippen LogP contribution in [0.5, 0.6) is 23.3 Å². The predicted octanol–water partition coefficient (Wildman–Crippen LogP) is 19.2. The number of unbranched alkanes of at least 4 members (excludes halogenated alkanes) is 4. The van der Waals surface area contributed by atoms with Gasteiger partial charge in [0.05, 0.1) is 18.1 Å². The molecular formula is C70H69ClN6O2Pt. The van der Waals surface area contributed by atoms with Gasteiger partial charge in [-0.3, -0.25) is 4.68 Å². The van der Waals surface area contributed by atoms with Crippen LogP contribution in [0, 0.1) is 6.07 Å². The number of aromatic nitrogens is 6. The van der Waals surface area contributed by atoms with Gasteiger partial charge in [0.2, 0.25) is 11.8 Å². The molecule has 4 aromatic heterocycles. The Morgan fingerprint density at radius 3 is 1.45 bits per heavy atom. The minimum absolute atomic E-state index is 0.0782. The third-order valence-electron chi connectivity index (χ3n) is 16.0. The van der Waals surface area contributed by atoms with Crippen molar-refractivity contribution < 1.29 is 28.2 Å². The molecule has 8 nitrogen and oxygen atoms in total. The van der Waals surface area contributed by atoms with E-state index in [2.05, 4.69) is 150 Å². The molecule has 2 aliphatic rings. The van der Waals surface area contributed by atoms with E-state index < -0.39 is 0 Å². The summed E-state index contributed by atoms with van der Waals surface area (Å²) in [6.45, 7) is 9.20. The van der Waals surface area contributed by atoms with Crippen molar-refractivity contribution in [2.24, 2.45) is 0 Å². The first-order chi connectivity index (χ1) is 39.4. The van der Waals surface area contributed by atoms with Crippen molar-refractivity contribution in [1.82, 2.24) is 29.5 Å². The van der Waals surface area contributed by atoms with Gasteiger partial charge in [-0.1, -0.05) is 170 Å². The molecule has 0 radical (unpaired) electrons. The van der Waals surface area contributed by atoms with Gasteiger partial charge in [0.15, 0.2) is 0 Å². The number of rotatable bonds is 20. The molecule has 10 heteroatoms. The van der Waals surface area contributed by atoms with E-state index in [1.54, 1.807) is 31.2 Å². The average molecular weight is 1260 g/mol. The van der Waals surface area contributed by atoms with E-state index in [0.29, 0.717) is 17.5 Å². The molecule has 6 aromatic carbocycles. The Morgan fingerprint density at radius 2 is 0.925 bits per heavy atom. The van der Waals surface area contributed by atoms with Gasteiger partial charge in [0.1, 0.15) is 5.75 Å². The van der Waals surface area contributed by atoms with Crippen LogP contribution in [-0.2, 0) is 29.6 Å². The second kappa shape index (κ2) is 26.3. The molecule has 0 saturated carbocycles. The number of benzene rings is 6. The Balaban J connectivity index is 0.000000175. The summed E-state index contributed by atoms with van der Waals surface area (Å²) in [6, 6.07) is 60.6. The molecule has 80 heavy (non-hydrogen) atoms. The fourth-order valence-electron chi connectivity index (χ4n) is 12.1. The molecule has 0 bridgehead atoms. The van der Waals surface area contributed by atoms with Gasteiger partial charge in [-0.15, -0.1) is 18.2 Å². The zero-order valence-electron chi connectivity index (χ0n) is 46.2. The number of nitrogens with zero attached hydrogens (tertiary/aromatic N) is 6. The van der Waals surface area contributed by atoms with Crippen LogP contribution < -0.4 is 9.47 Å². The maximum atomic E-state index is 5.95. The van der Waals surface area contributed by atoms with Gasteiger partial charge in [0.25, 0.3) is 0 Å². The monoisotopic (exact) mass is 1260 g/mol. The summed E-state index contributed by atoms with van der Waals surface area (Å²) in [5, 5.41) is 9.42. The Labute approximate surface area is 488 Å². The van der Waals surface area contributed by atoms with Crippen LogP contribution in [0.1, 0.15) is 127 Å². The molecule has 0 unspecified atom stereocenters. The second-order valence-corrected chi connectivity index (χ2v) is 21.0. The zero-order chi connectivity index (χ0) is 55.3. The number of ether oxygens (including phenoxy) is 2. The van der Waals surface area contributed by atoms with Gasteiger partial charge in [-0.2, -0.15) is 16.3 Å². The van der Waals surface area contributed by atoms with Gasteiger partial charge < -0.3 is 9.47 Å². The third-order valence-corrected chi connectivity index (χ3v) is 16.0. The van der Waals surface area contributed by atoms with Crippen molar-refractivity contribution in [3.63, 3.8) is 0 Å². The second-order valence-electron chi connectivity index (χ2n) is 21.0. The summed E-state index contributed by atoms with van der Waals surface area (Å²) >= 11 is 1.61. The van der Waals surface area contributed by atoms with Crippen molar-refractivity contribution in [3.8, 4) is 79.1 Å². The van der Waals surface area contributed by atoms with E-state index in [1.165, 1.54) is 133 Å². The molecule has 408 valence electrons. The fraction of sp³-hybridized carbons (Fsp3) is 0.257. The van der Waals surface area contributed by atoms with Crippen molar-refractivity contribution in [2.75, 3.05) is 0 Å². The quantitative estimate of drug-likeness (QED) is 0.0708. The summed E-state index contributed by atoms with van der Waals surface area (Å²) in [5.41, 5.74) is 18.1. The molecular weight excluding hydrogens is 1190 g/mol. The van der Waals surface area contributed by atoms with Gasteiger partial charge >= 0.3 is 28.2 Å². The van der Waals surface area contributed by atoms with Crippen LogP contribution in [-0.4, -0.2) is 29.5 Å². The van der Waals surface area contributed by atoms with Crippen LogP contribution in [0.25, 0.3) is 55.9 Å². The number of hydrogen-bond acceptors (Lipinski definition) is 6. The van der Waals surface area contributed by atoms with E-state index in [4.69, 9.17) is 19.7 Å². The van der Waals surface area contributed by atoms with Gasteiger partial charge in [-0.05, 0) is 123 Å². The standard InChI is InChI=1S/C35H35N3O.C35H34N3O.ClH.Pt/c2*1-3-5-19-35(20-6-4-2)32-15-8-7-14-30(32)31-18-17-26(22-33(31)35)27-24-37-38(25-27)28-12-11-13-29(23-28)39-34-16-9-10-21-36-34;;/h7-18,21-25H,3-6,19-20H2,1-2H3;7-18,21-22,24-25H,3-6,19-20H2,1-2H3;1H;/q;-1;;+2/p-1. The first kappa shape index (κ1) is 55.9. The average Bonchev–Trinajstić information content (AvgIpc) is 3.92. The van der Waals surface area contributed by atoms with E-state index in [-0.39, 0.29) is 10.8 Å². The minimum atomic E-state index is 0.0782. The van der Waals surface area contributed by atoms with Crippen LogP contribution in [0.2, 0.25) is 0 Å². The molecule has 10 aromatic rings. The van der Waals surface area contributed by atoms with E-state index in [1.807, 2.05) is 101 Å². The maximum absolute atomic E-state index is 5.95. The van der Waals surface area contributed by atoms with Crippen LogP contribution in [0.3, 0.4) is 0 Å². The molecule has 0 fully saturated rings. The van der Waals surface area contributed by atoms with Gasteiger partial charge in [-0.25, -0.2) is 14.6 Å². The molecule has 2 aliphatic carbocycles. The Bertz CT molecular complexity index is 3380. The summed E-state index contributed by atoms with van der Waals surface area (Å²) in [5.74, 6) is 2.45. The molecule has 12 rings (SSSR count). The Hall–Kier alpha value is -7.38. The molecule has 0 spiro atoms. The van der Waals surface area contributed by atoms with Crippen LogP contribution in [0.4, 0.5) is 0 Å². The normalized spacial score (nSPS) is 12.9. The zero-order valence-corrected chi connectivity index (χ0v) is 49.3. The third kappa shape index (κ3) is 11.8. The number of pyridine rings is 2. The summed E-state index contributed by atoms with van der Waals surface area (Å²) in [7, 11) is 4.61. The predicted molar refractivity (Wildman–Crippen MR) is 322 cm³/mol. The molecule has 0 atom stereocenters. The summed E-state index contributed by atoms with van der Waals surface area (Å²) < 4.78 is 15.6. The van der Waals surface area contributed by atoms with Crippen molar-refractivity contribution in [3.05, 3.63) is 229 Å². The SMILES string of the molecule is CCCCC1(CCCC)c2ccccc2-c2ccc(-c3cnn(-c4[c-]c(Oc5ccccn5)ccc4)c3)cc21.CCCCC1(CCCC)c2ccccc2-c2ccc(-c3cnn(-c4cccc(Oc5ccccn5)c4)c3)cc21.[Cl][Pt+]. The van der Waals surface area contributed by atoms with Crippen molar-refractivity contribution in [1.29, 1.82) is 0 Å². The Morgan fingerprint density at radius 1 is 0.450 bits per heavy atom. The Kier molecular flexibility index (Phi) is 18.4. The van der Waals surface area contributed by atoms with E-state index in [0.717, 1.165) is 28.3 Å². The molecule has 0 amide bonds. The van der Waals surface area contributed by atoms with E-state index >= 15 is 0 Å². The fourth-order valence-corrected chi connectivity index (χ4v) is 12.1. The first-order valence-corrected chi connectivity index (χ1v) is 31.3. The van der Waals surface area contributed by atoms with Crippen molar-refractivity contribution >= 4 is 9.42 Å². The first-order valence-electron chi connectivity index (χ1n) is 28.5. The molecule has 4 heterocycles. The molecule has 0 aliphatic heterocycles. The number of halogens is 1. The number of hydrogen-bond donors (Lipinski definition) is 0.